The largest absolute Gasteiger partial charge is 0.462 e. The molecule has 0 unspecified atom stereocenters. The minimum absolute atomic E-state index is 0.133. The lowest BCUT2D eigenvalue weighted by molar-refractivity contribution is -0.153. The Labute approximate surface area is 84.4 Å². The number of aliphatic hydroxyl groups excluding tert-OH is 1. The van der Waals surface area contributed by atoms with Gasteiger partial charge in [0.2, 0.25) is 0 Å². The molecule has 0 aliphatic heterocycles. The molecule has 0 saturated heterocycles. The third-order valence-corrected chi connectivity index (χ3v) is 3.42. The predicted molar refractivity (Wildman–Crippen MR) is 51.6 cm³/mol. The van der Waals surface area contributed by atoms with Crippen LogP contribution in [0, 0.1) is 11.8 Å². The Balaban J connectivity index is 1.78. The van der Waals surface area contributed by atoms with E-state index in [0.29, 0.717) is 5.92 Å². The molecule has 14 heavy (non-hydrogen) atoms. The van der Waals surface area contributed by atoms with Crippen LogP contribution >= 0.6 is 0 Å². The number of rotatable bonds is 3. The van der Waals surface area contributed by atoms with E-state index in [4.69, 9.17) is 9.84 Å². The zero-order valence-electron chi connectivity index (χ0n) is 8.61. The summed E-state index contributed by atoms with van der Waals surface area (Å²) in [4.78, 5) is 11.3. The standard InChI is InChI=1S/C11H18O3/c1-7(12)4-11(13)14-10-6-8-2-3-9(10)5-8/h7-10,12H,2-6H2,1H3/t7-,8-,9+,10+/m0/s1. The van der Waals surface area contributed by atoms with Crippen molar-refractivity contribution < 1.29 is 14.6 Å². The van der Waals surface area contributed by atoms with Gasteiger partial charge in [0.15, 0.2) is 0 Å². The van der Waals surface area contributed by atoms with Gasteiger partial charge in [-0.25, -0.2) is 0 Å². The number of aliphatic hydroxyl groups is 1. The summed E-state index contributed by atoms with van der Waals surface area (Å²) in [6.07, 6.45) is 4.53. The van der Waals surface area contributed by atoms with Gasteiger partial charge in [-0.3, -0.25) is 4.79 Å². The molecule has 0 aromatic carbocycles. The van der Waals surface area contributed by atoms with Crippen molar-refractivity contribution in [1.82, 2.24) is 0 Å². The number of fused-ring (bicyclic) bond motifs is 2. The summed E-state index contributed by atoms with van der Waals surface area (Å²) in [7, 11) is 0. The molecule has 3 heteroatoms. The summed E-state index contributed by atoms with van der Waals surface area (Å²) in [6.45, 7) is 1.61. The summed E-state index contributed by atoms with van der Waals surface area (Å²) in [5.74, 6) is 1.17. The molecule has 0 spiro atoms. The topological polar surface area (TPSA) is 46.5 Å². The first-order valence-corrected chi connectivity index (χ1v) is 5.52. The fourth-order valence-electron chi connectivity index (χ4n) is 2.79. The van der Waals surface area contributed by atoms with E-state index in [2.05, 4.69) is 0 Å². The molecule has 2 saturated carbocycles. The second-order valence-electron chi connectivity index (χ2n) is 4.76. The van der Waals surface area contributed by atoms with Crippen molar-refractivity contribution in [2.45, 2.75) is 51.2 Å². The van der Waals surface area contributed by atoms with Crippen LogP contribution in [0.15, 0.2) is 0 Å². The van der Waals surface area contributed by atoms with E-state index in [0.717, 1.165) is 12.3 Å². The Hall–Kier alpha value is -0.570. The Bertz CT molecular complexity index is 225. The van der Waals surface area contributed by atoms with E-state index >= 15 is 0 Å². The molecule has 0 aromatic heterocycles. The van der Waals surface area contributed by atoms with Crippen LogP contribution in [-0.2, 0) is 9.53 Å². The second kappa shape index (κ2) is 3.89. The predicted octanol–water partition coefficient (Wildman–Crippen LogP) is 1.49. The summed E-state index contributed by atoms with van der Waals surface area (Å²) in [5, 5.41) is 9.03. The average Bonchev–Trinajstić information content (AvgIpc) is 2.62. The van der Waals surface area contributed by atoms with Crippen molar-refractivity contribution in [2.75, 3.05) is 0 Å². The van der Waals surface area contributed by atoms with Gasteiger partial charge in [-0.1, -0.05) is 0 Å². The van der Waals surface area contributed by atoms with Crippen LogP contribution in [0.25, 0.3) is 0 Å². The van der Waals surface area contributed by atoms with E-state index < -0.39 is 6.10 Å². The maximum Gasteiger partial charge on any atom is 0.308 e. The zero-order valence-corrected chi connectivity index (χ0v) is 8.61. The van der Waals surface area contributed by atoms with Gasteiger partial charge in [-0.15, -0.1) is 0 Å². The Kier molecular flexibility index (Phi) is 2.77. The SMILES string of the molecule is C[C@H](O)CC(=O)O[C@@H]1C[C@H]2CC[C@@H]1C2. The molecule has 0 heterocycles. The molecule has 0 aromatic rings. The lowest BCUT2D eigenvalue weighted by Gasteiger charge is -2.22. The molecule has 0 amide bonds. The van der Waals surface area contributed by atoms with Crippen molar-refractivity contribution in [3.63, 3.8) is 0 Å². The van der Waals surface area contributed by atoms with E-state index in [1.165, 1.54) is 19.3 Å². The summed E-state index contributed by atoms with van der Waals surface area (Å²) < 4.78 is 5.36. The van der Waals surface area contributed by atoms with Gasteiger partial charge >= 0.3 is 5.97 Å². The third-order valence-electron chi connectivity index (χ3n) is 3.42. The fourth-order valence-corrected chi connectivity index (χ4v) is 2.79. The molecule has 3 nitrogen and oxygen atoms in total. The Morgan fingerprint density at radius 1 is 1.50 bits per heavy atom. The monoisotopic (exact) mass is 198 g/mol. The lowest BCUT2D eigenvalue weighted by Crippen LogP contribution is -2.25. The number of hydrogen-bond acceptors (Lipinski definition) is 3. The van der Waals surface area contributed by atoms with Gasteiger partial charge in [0.1, 0.15) is 6.10 Å². The molecule has 1 N–H and O–H groups in total. The van der Waals surface area contributed by atoms with Gasteiger partial charge in [0.05, 0.1) is 12.5 Å². The maximum absolute atomic E-state index is 11.3. The molecule has 4 atom stereocenters. The minimum Gasteiger partial charge on any atom is -0.462 e. The van der Waals surface area contributed by atoms with Crippen LogP contribution in [0.1, 0.15) is 39.0 Å². The summed E-state index contributed by atoms with van der Waals surface area (Å²) in [6, 6.07) is 0. The lowest BCUT2D eigenvalue weighted by atomic mass is 9.98. The molecule has 2 bridgehead atoms. The smallest absolute Gasteiger partial charge is 0.308 e. The van der Waals surface area contributed by atoms with Gasteiger partial charge in [-0.2, -0.15) is 0 Å². The van der Waals surface area contributed by atoms with Crippen LogP contribution in [0.4, 0.5) is 0 Å². The second-order valence-corrected chi connectivity index (χ2v) is 4.76. The van der Waals surface area contributed by atoms with Gasteiger partial charge in [0, 0.05) is 0 Å². The average molecular weight is 198 g/mol. The van der Waals surface area contributed by atoms with Crippen molar-refractivity contribution in [1.29, 1.82) is 0 Å². The highest BCUT2D eigenvalue weighted by Gasteiger charge is 2.41. The molecule has 2 rings (SSSR count). The fraction of sp³-hybridized carbons (Fsp3) is 0.909. The van der Waals surface area contributed by atoms with E-state index in [-0.39, 0.29) is 18.5 Å². The van der Waals surface area contributed by atoms with Crippen LogP contribution in [0.3, 0.4) is 0 Å². The van der Waals surface area contributed by atoms with E-state index in [1.54, 1.807) is 6.92 Å². The third kappa shape index (κ3) is 2.08. The number of esters is 1. The normalized spacial score (nSPS) is 37.1. The molecule has 80 valence electrons. The minimum atomic E-state index is -0.582. The van der Waals surface area contributed by atoms with Crippen LogP contribution in [-0.4, -0.2) is 23.3 Å². The van der Waals surface area contributed by atoms with Gasteiger partial charge in [-0.05, 0) is 44.4 Å². The van der Waals surface area contributed by atoms with Crippen molar-refractivity contribution in [3.05, 3.63) is 0 Å². The molecular weight excluding hydrogens is 180 g/mol. The Morgan fingerprint density at radius 2 is 2.29 bits per heavy atom. The summed E-state index contributed by atoms with van der Waals surface area (Å²) in [5.41, 5.74) is 0. The molecule has 0 radical (unpaired) electrons. The number of hydrogen-bond donors (Lipinski definition) is 1. The van der Waals surface area contributed by atoms with Crippen molar-refractivity contribution in [2.24, 2.45) is 11.8 Å². The first kappa shape index (κ1) is 9.97. The molecule has 2 aliphatic carbocycles. The van der Waals surface area contributed by atoms with Crippen LogP contribution in [0.5, 0.6) is 0 Å². The van der Waals surface area contributed by atoms with Crippen molar-refractivity contribution in [3.8, 4) is 0 Å². The zero-order chi connectivity index (χ0) is 10.1. The molecule has 2 aliphatic rings. The summed E-state index contributed by atoms with van der Waals surface area (Å²) >= 11 is 0. The van der Waals surface area contributed by atoms with Crippen LogP contribution < -0.4 is 0 Å². The van der Waals surface area contributed by atoms with Crippen molar-refractivity contribution >= 4 is 5.97 Å². The first-order chi connectivity index (χ1) is 6.65. The molecular formula is C11H18O3. The maximum atomic E-state index is 11.3. The Morgan fingerprint density at radius 3 is 2.79 bits per heavy atom. The molecule has 2 fully saturated rings. The number of ether oxygens (including phenoxy) is 1. The van der Waals surface area contributed by atoms with Crippen LogP contribution in [0.2, 0.25) is 0 Å². The highest BCUT2D eigenvalue weighted by molar-refractivity contribution is 5.70. The van der Waals surface area contributed by atoms with Gasteiger partial charge in [0.25, 0.3) is 0 Å². The number of carbonyl (C=O) groups excluding carboxylic acids is 1. The van der Waals surface area contributed by atoms with E-state index in [1.807, 2.05) is 0 Å². The quantitative estimate of drug-likeness (QED) is 0.699. The first-order valence-electron chi connectivity index (χ1n) is 5.52. The number of carbonyl (C=O) groups is 1. The van der Waals surface area contributed by atoms with E-state index in [9.17, 15) is 4.79 Å². The van der Waals surface area contributed by atoms with Gasteiger partial charge < -0.3 is 9.84 Å². The highest BCUT2D eigenvalue weighted by Crippen LogP contribution is 2.45. The highest BCUT2D eigenvalue weighted by atomic mass is 16.5.